The van der Waals surface area contributed by atoms with Gasteiger partial charge in [-0.1, -0.05) is 34.8 Å². The molecule has 6 heteroatoms. The van der Waals surface area contributed by atoms with E-state index in [0.29, 0.717) is 0 Å². The standard InChI is InChI=1S/C11H8Cl3FO2/c1-2-17-11(16)9(10(13)14)7-4-3-6(12)5-8(7)15/h3-5H,2H2,1H3. The van der Waals surface area contributed by atoms with Gasteiger partial charge in [-0.15, -0.1) is 0 Å². The summed E-state index contributed by atoms with van der Waals surface area (Å²) in [6.07, 6.45) is 0. The van der Waals surface area contributed by atoms with Crippen molar-refractivity contribution in [1.29, 1.82) is 0 Å². The van der Waals surface area contributed by atoms with Crippen LogP contribution in [0.5, 0.6) is 0 Å². The van der Waals surface area contributed by atoms with Crippen LogP contribution in [0, 0.1) is 5.82 Å². The van der Waals surface area contributed by atoms with Gasteiger partial charge >= 0.3 is 5.97 Å². The first kappa shape index (κ1) is 14.3. The summed E-state index contributed by atoms with van der Waals surface area (Å²) in [5.41, 5.74) is -0.266. The van der Waals surface area contributed by atoms with E-state index in [4.69, 9.17) is 39.5 Å². The minimum absolute atomic E-state index is 0.0483. The summed E-state index contributed by atoms with van der Waals surface area (Å²) < 4.78 is 18.0. The molecular formula is C11H8Cl3FO2. The van der Waals surface area contributed by atoms with Gasteiger partial charge in [0.1, 0.15) is 10.3 Å². The van der Waals surface area contributed by atoms with Gasteiger partial charge in [0.25, 0.3) is 0 Å². The van der Waals surface area contributed by atoms with E-state index in [9.17, 15) is 9.18 Å². The van der Waals surface area contributed by atoms with Crippen molar-refractivity contribution in [3.8, 4) is 0 Å². The van der Waals surface area contributed by atoms with Gasteiger partial charge in [0.15, 0.2) is 0 Å². The molecule has 1 rings (SSSR count). The van der Waals surface area contributed by atoms with E-state index in [2.05, 4.69) is 0 Å². The zero-order valence-electron chi connectivity index (χ0n) is 8.77. The number of halogens is 4. The molecule has 0 aliphatic carbocycles. The quantitative estimate of drug-likeness (QED) is 0.618. The van der Waals surface area contributed by atoms with Crippen LogP contribution in [-0.2, 0) is 9.53 Å². The average Bonchev–Trinajstić information content (AvgIpc) is 2.21. The highest BCUT2D eigenvalue weighted by Gasteiger charge is 2.20. The molecular weight excluding hydrogens is 289 g/mol. The summed E-state index contributed by atoms with van der Waals surface area (Å²) in [5, 5.41) is 0.208. The van der Waals surface area contributed by atoms with E-state index in [-0.39, 0.29) is 27.3 Å². The molecule has 92 valence electrons. The van der Waals surface area contributed by atoms with Crippen LogP contribution in [0.4, 0.5) is 4.39 Å². The van der Waals surface area contributed by atoms with Gasteiger partial charge in [0, 0.05) is 10.6 Å². The predicted molar refractivity (Wildman–Crippen MR) is 66.7 cm³/mol. The number of hydrogen-bond acceptors (Lipinski definition) is 2. The van der Waals surface area contributed by atoms with Crippen LogP contribution in [0.3, 0.4) is 0 Å². The SMILES string of the molecule is CCOC(=O)C(=C(Cl)Cl)c1ccc(Cl)cc1F. The average molecular weight is 298 g/mol. The van der Waals surface area contributed by atoms with Gasteiger partial charge in [-0.25, -0.2) is 9.18 Å². The molecule has 1 aromatic carbocycles. The van der Waals surface area contributed by atoms with Gasteiger partial charge in [0.2, 0.25) is 0 Å². The van der Waals surface area contributed by atoms with Crippen LogP contribution in [-0.4, -0.2) is 12.6 Å². The molecule has 0 heterocycles. The van der Waals surface area contributed by atoms with E-state index in [1.165, 1.54) is 12.1 Å². The van der Waals surface area contributed by atoms with Crippen LogP contribution in [0.2, 0.25) is 5.02 Å². The minimum atomic E-state index is -0.784. The summed E-state index contributed by atoms with van der Waals surface area (Å²) in [6, 6.07) is 3.80. The fourth-order valence-electron chi connectivity index (χ4n) is 1.18. The van der Waals surface area contributed by atoms with E-state index in [1.54, 1.807) is 6.92 Å². The highest BCUT2D eigenvalue weighted by atomic mass is 35.5. The monoisotopic (exact) mass is 296 g/mol. The number of hydrogen-bond donors (Lipinski definition) is 0. The number of benzene rings is 1. The molecule has 0 fully saturated rings. The van der Waals surface area contributed by atoms with Gasteiger partial charge < -0.3 is 4.74 Å². The lowest BCUT2D eigenvalue weighted by molar-refractivity contribution is -0.136. The Kier molecular flexibility index (Phi) is 5.25. The number of rotatable bonds is 3. The second-order valence-corrected chi connectivity index (χ2v) is 4.37. The molecule has 2 nitrogen and oxygen atoms in total. The van der Waals surface area contributed by atoms with Crippen LogP contribution in [0.25, 0.3) is 5.57 Å². The molecule has 0 radical (unpaired) electrons. The summed E-state index contributed by atoms with van der Waals surface area (Å²) in [7, 11) is 0. The fraction of sp³-hybridized carbons (Fsp3) is 0.182. The zero-order valence-corrected chi connectivity index (χ0v) is 11.0. The smallest absolute Gasteiger partial charge is 0.341 e. The lowest BCUT2D eigenvalue weighted by atomic mass is 10.1. The Morgan fingerprint density at radius 3 is 2.53 bits per heavy atom. The van der Waals surface area contributed by atoms with Crippen molar-refractivity contribution in [2.75, 3.05) is 6.61 Å². The summed E-state index contributed by atoms with van der Waals surface area (Å²) in [4.78, 5) is 11.6. The maximum atomic E-state index is 13.6. The Labute approximate surface area is 113 Å². The zero-order chi connectivity index (χ0) is 13.0. The number of carbonyl (C=O) groups excluding carboxylic acids is 1. The Bertz CT molecular complexity index is 468. The molecule has 0 aliphatic rings. The minimum Gasteiger partial charge on any atom is -0.462 e. The molecule has 0 amide bonds. The van der Waals surface area contributed by atoms with Gasteiger partial charge in [-0.3, -0.25) is 0 Å². The largest absolute Gasteiger partial charge is 0.462 e. The van der Waals surface area contributed by atoms with Crippen LogP contribution in [0.15, 0.2) is 22.7 Å². The Morgan fingerprint density at radius 1 is 1.41 bits per heavy atom. The van der Waals surface area contributed by atoms with Crippen LogP contribution < -0.4 is 0 Å². The molecule has 0 atom stereocenters. The molecule has 17 heavy (non-hydrogen) atoms. The molecule has 0 spiro atoms. The van der Waals surface area contributed by atoms with Crippen molar-refractivity contribution in [3.63, 3.8) is 0 Å². The summed E-state index contributed by atoms with van der Waals surface area (Å²) in [6.45, 7) is 1.76. The molecule has 0 saturated carbocycles. The van der Waals surface area contributed by atoms with Crippen molar-refractivity contribution in [1.82, 2.24) is 0 Å². The maximum Gasteiger partial charge on any atom is 0.341 e. The number of carbonyl (C=O) groups is 1. The first-order chi connectivity index (χ1) is 7.97. The van der Waals surface area contributed by atoms with Gasteiger partial charge in [0.05, 0.1) is 12.2 Å². The Hall–Kier alpha value is -0.770. The van der Waals surface area contributed by atoms with E-state index in [0.717, 1.165) is 6.07 Å². The molecule has 0 saturated heterocycles. The van der Waals surface area contributed by atoms with Crippen molar-refractivity contribution >= 4 is 46.3 Å². The molecule has 1 aromatic rings. The lowest BCUT2D eigenvalue weighted by Crippen LogP contribution is -2.08. The van der Waals surface area contributed by atoms with Gasteiger partial charge in [-0.05, 0) is 25.1 Å². The summed E-state index contributed by atoms with van der Waals surface area (Å²) in [5.74, 6) is -1.48. The third kappa shape index (κ3) is 3.60. The number of esters is 1. The number of ether oxygens (including phenoxy) is 1. The van der Waals surface area contributed by atoms with Crippen molar-refractivity contribution in [2.45, 2.75) is 6.92 Å². The third-order valence-corrected chi connectivity index (χ3v) is 2.48. The van der Waals surface area contributed by atoms with E-state index >= 15 is 0 Å². The summed E-state index contributed by atoms with van der Waals surface area (Å²) >= 11 is 16.7. The maximum absolute atomic E-state index is 13.6. The van der Waals surface area contributed by atoms with Crippen molar-refractivity contribution in [2.24, 2.45) is 0 Å². The van der Waals surface area contributed by atoms with Crippen LogP contribution in [0.1, 0.15) is 12.5 Å². The second-order valence-electron chi connectivity index (χ2n) is 2.98. The van der Waals surface area contributed by atoms with Gasteiger partial charge in [-0.2, -0.15) is 0 Å². The second kappa shape index (κ2) is 6.24. The predicted octanol–water partition coefficient (Wildman–Crippen LogP) is 4.19. The molecule has 0 aliphatic heterocycles. The first-order valence-corrected chi connectivity index (χ1v) is 5.78. The lowest BCUT2D eigenvalue weighted by Gasteiger charge is -2.08. The Morgan fingerprint density at radius 2 is 2.06 bits per heavy atom. The third-order valence-electron chi connectivity index (χ3n) is 1.87. The normalized spacial score (nSPS) is 9.94. The first-order valence-electron chi connectivity index (χ1n) is 4.65. The highest BCUT2D eigenvalue weighted by Crippen LogP contribution is 2.29. The molecule has 0 unspecified atom stereocenters. The molecule has 0 aromatic heterocycles. The van der Waals surface area contributed by atoms with Crippen LogP contribution >= 0.6 is 34.8 Å². The molecule has 0 N–H and O–H groups in total. The van der Waals surface area contributed by atoms with Crippen molar-refractivity contribution in [3.05, 3.63) is 39.1 Å². The highest BCUT2D eigenvalue weighted by molar-refractivity contribution is 6.61. The molecule has 0 bridgehead atoms. The van der Waals surface area contributed by atoms with E-state index in [1.807, 2.05) is 0 Å². The topological polar surface area (TPSA) is 26.3 Å². The Balaban J connectivity index is 3.26. The van der Waals surface area contributed by atoms with E-state index < -0.39 is 11.8 Å². The fourth-order valence-corrected chi connectivity index (χ4v) is 1.70. The van der Waals surface area contributed by atoms with Crippen molar-refractivity contribution < 1.29 is 13.9 Å².